The summed E-state index contributed by atoms with van der Waals surface area (Å²) < 4.78 is 0. The van der Waals surface area contributed by atoms with E-state index in [1.165, 1.54) is 28.5 Å². The van der Waals surface area contributed by atoms with Gasteiger partial charge in [0.05, 0.1) is 5.69 Å². The van der Waals surface area contributed by atoms with Crippen LogP contribution in [0.1, 0.15) is 65.0 Å². The number of thiazole rings is 1. The summed E-state index contributed by atoms with van der Waals surface area (Å²) in [4.78, 5) is 8.83. The first-order valence-corrected chi connectivity index (χ1v) is 9.08. The third-order valence-corrected chi connectivity index (χ3v) is 5.14. The molecule has 1 aromatic heterocycles. The van der Waals surface area contributed by atoms with Crippen LogP contribution in [0.5, 0.6) is 0 Å². The Kier molecular flexibility index (Phi) is 7.14. The molecule has 0 unspecified atom stereocenters. The van der Waals surface area contributed by atoms with Crippen molar-refractivity contribution >= 4 is 16.5 Å². The number of nitrogens with one attached hydrogen (secondary N) is 1. The number of nitrogens with zero attached hydrogens (tertiary/aromatic N) is 2. The second-order valence-electron chi connectivity index (χ2n) is 6.77. The molecule has 0 amide bonds. The molecular weight excluding hydrogens is 278 g/mol. The van der Waals surface area contributed by atoms with Crippen molar-refractivity contribution in [2.24, 2.45) is 5.92 Å². The average molecular weight is 312 g/mol. The lowest BCUT2D eigenvalue weighted by Crippen LogP contribution is -2.29. The third-order valence-electron chi connectivity index (χ3n) is 4.02. The molecule has 0 radical (unpaired) electrons. The fourth-order valence-corrected chi connectivity index (χ4v) is 3.90. The van der Waals surface area contributed by atoms with Crippen molar-refractivity contribution < 1.29 is 0 Å². The van der Waals surface area contributed by atoms with Gasteiger partial charge in [-0.15, -0.1) is 11.3 Å². The maximum atomic E-state index is 5.00. The molecule has 0 spiro atoms. The summed E-state index contributed by atoms with van der Waals surface area (Å²) in [6.45, 7) is 16.6. The number of hydrogen-bond acceptors (Lipinski definition) is 4. The topological polar surface area (TPSA) is 28.2 Å². The number of anilines is 1. The van der Waals surface area contributed by atoms with Crippen molar-refractivity contribution in [2.75, 3.05) is 25.0 Å². The summed E-state index contributed by atoms with van der Waals surface area (Å²) in [6, 6.07) is 0. The van der Waals surface area contributed by atoms with Crippen LogP contribution in [0.15, 0.2) is 0 Å². The van der Waals surface area contributed by atoms with E-state index in [2.05, 4.69) is 51.8 Å². The molecule has 0 aliphatic rings. The Hall–Kier alpha value is -0.610. The molecule has 0 bridgehead atoms. The van der Waals surface area contributed by atoms with Crippen LogP contribution >= 0.6 is 11.3 Å². The van der Waals surface area contributed by atoms with Crippen LogP contribution in [0.4, 0.5) is 5.13 Å². The molecule has 1 heterocycles. The lowest BCUT2D eigenvalue weighted by Gasteiger charge is -2.25. The molecule has 0 aromatic carbocycles. The highest BCUT2D eigenvalue weighted by Gasteiger charge is 2.25. The van der Waals surface area contributed by atoms with Crippen LogP contribution in [0.3, 0.4) is 0 Å². The minimum atomic E-state index is 0.106. The van der Waals surface area contributed by atoms with E-state index in [0.717, 1.165) is 25.6 Å². The second kappa shape index (κ2) is 8.14. The van der Waals surface area contributed by atoms with E-state index < -0.39 is 0 Å². The first-order chi connectivity index (χ1) is 9.87. The van der Waals surface area contributed by atoms with Crippen molar-refractivity contribution in [3.05, 3.63) is 10.6 Å². The van der Waals surface area contributed by atoms with Crippen LogP contribution in [-0.4, -0.2) is 25.1 Å². The van der Waals surface area contributed by atoms with Crippen molar-refractivity contribution in [1.29, 1.82) is 0 Å². The van der Waals surface area contributed by atoms with Gasteiger partial charge in [0, 0.05) is 29.9 Å². The van der Waals surface area contributed by atoms with Gasteiger partial charge >= 0.3 is 0 Å². The number of aromatic nitrogens is 1. The van der Waals surface area contributed by atoms with Gasteiger partial charge in [0.1, 0.15) is 0 Å². The predicted octanol–water partition coefficient (Wildman–Crippen LogP) is 4.42. The number of hydrogen-bond donors (Lipinski definition) is 1. The zero-order valence-electron chi connectivity index (χ0n) is 14.9. The van der Waals surface area contributed by atoms with E-state index in [1.54, 1.807) is 0 Å². The Labute approximate surface area is 135 Å². The van der Waals surface area contributed by atoms with Gasteiger partial charge in [0.2, 0.25) is 0 Å². The summed E-state index contributed by atoms with van der Waals surface area (Å²) in [5, 5.41) is 4.48. The van der Waals surface area contributed by atoms with E-state index in [4.69, 9.17) is 4.98 Å². The molecule has 0 saturated heterocycles. The van der Waals surface area contributed by atoms with Crippen LogP contribution < -0.4 is 10.2 Å². The zero-order valence-corrected chi connectivity index (χ0v) is 15.7. The lowest BCUT2D eigenvalue weighted by molar-refractivity contribution is 0.485. The number of rotatable bonds is 8. The van der Waals surface area contributed by atoms with Crippen molar-refractivity contribution in [3.8, 4) is 0 Å². The minimum absolute atomic E-state index is 0.106. The van der Waals surface area contributed by atoms with E-state index in [0.29, 0.717) is 0 Å². The van der Waals surface area contributed by atoms with E-state index in [9.17, 15) is 0 Å². The Bertz CT molecular complexity index is 416. The molecule has 0 atom stereocenters. The normalized spacial score (nSPS) is 12.2. The van der Waals surface area contributed by atoms with Crippen molar-refractivity contribution in [3.63, 3.8) is 0 Å². The minimum Gasteiger partial charge on any atom is -0.348 e. The zero-order chi connectivity index (χ0) is 16.0. The summed E-state index contributed by atoms with van der Waals surface area (Å²) in [6.07, 6.45) is 2.49. The van der Waals surface area contributed by atoms with Crippen LogP contribution in [0.2, 0.25) is 0 Å². The Morgan fingerprint density at radius 3 is 2.24 bits per heavy atom. The van der Waals surface area contributed by atoms with Gasteiger partial charge in [0.25, 0.3) is 0 Å². The lowest BCUT2D eigenvalue weighted by atomic mass is 9.91. The smallest absolute Gasteiger partial charge is 0.185 e. The largest absolute Gasteiger partial charge is 0.348 e. The van der Waals surface area contributed by atoms with E-state index >= 15 is 0 Å². The second-order valence-corrected chi connectivity index (χ2v) is 7.83. The van der Waals surface area contributed by atoms with E-state index in [1.807, 2.05) is 18.4 Å². The Morgan fingerprint density at radius 2 is 1.81 bits per heavy atom. The molecular formula is C17H33N3S. The van der Waals surface area contributed by atoms with Crippen LogP contribution in [0, 0.1) is 5.92 Å². The summed E-state index contributed by atoms with van der Waals surface area (Å²) in [7, 11) is 2.01. The van der Waals surface area contributed by atoms with Gasteiger partial charge in [-0.2, -0.15) is 0 Å². The van der Waals surface area contributed by atoms with Gasteiger partial charge in [-0.1, -0.05) is 47.5 Å². The highest BCUT2D eigenvalue weighted by Crippen LogP contribution is 2.34. The summed E-state index contributed by atoms with van der Waals surface area (Å²) in [5.74, 6) is 0.764. The molecule has 0 fully saturated rings. The maximum absolute atomic E-state index is 5.00. The molecule has 21 heavy (non-hydrogen) atoms. The van der Waals surface area contributed by atoms with Gasteiger partial charge in [-0.05, 0) is 19.9 Å². The van der Waals surface area contributed by atoms with E-state index in [-0.39, 0.29) is 5.41 Å². The first-order valence-electron chi connectivity index (χ1n) is 8.26. The maximum Gasteiger partial charge on any atom is 0.185 e. The Balaban J connectivity index is 3.04. The van der Waals surface area contributed by atoms with Crippen molar-refractivity contribution in [2.45, 2.75) is 66.3 Å². The highest BCUT2D eigenvalue weighted by atomic mass is 32.1. The van der Waals surface area contributed by atoms with Gasteiger partial charge in [-0.3, -0.25) is 0 Å². The monoisotopic (exact) mass is 311 g/mol. The molecule has 1 rings (SSSR count). The fraction of sp³-hybridized carbons (Fsp3) is 0.824. The molecule has 3 nitrogen and oxygen atoms in total. The predicted molar refractivity (Wildman–Crippen MR) is 95.5 cm³/mol. The fourth-order valence-electron chi connectivity index (χ4n) is 2.54. The summed E-state index contributed by atoms with van der Waals surface area (Å²) in [5.41, 5.74) is 1.36. The van der Waals surface area contributed by atoms with Crippen LogP contribution in [0.25, 0.3) is 0 Å². The van der Waals surface area contributed by atoms with Gasteiger partial charge in [0.15, 0.2) is 5.13 Å². The molecule has 1 N–H and O–H groups in total. The van der Waals surface area contributed by atoms with Gasteiger partial charge < -0.3 is 10.2 Å². The van der Waals surface area contributed by atoms with Crippen molar-refractivity contribution in [1.82, 2.24) is 10.3 Å². The average Bonchev–Trinajstić information content (AvgIpc) is 2.85. The molecule has 1 aromatic rings. The molecule has 122 valence electrons. The first kappa shape index (κ1) is 18.4. The third kappa shape index (κ3) is 4.96. The summed E-state index contributed by atoms with van der Waals surface area (Å²) >= 11 is 1.86. The van der Waals surface area contributed by atoms with Gasteiger partial charge in [-0.25, -0.2) is 4.98 Å². The molecule has 0 aliphatic carbocycles. The molecule has 0 aliphatic heterocycles. The quantitative estimate of drug-likeness (QED) is 0.770. The van der Waals surface area contributed by atoms with Crippen LogP contribution in [-0.2, 0) is 12.0 Å². The highest BCUT2D eigenvalue weighted by molar-refractivity contribution is 7.15. The standard InChI is InChI=1S/C17H33N3S/c1-8-13(9-2)12-20(10-3)16-19-15(17(4,5)6)14(21-16)11-18-7/h13,18H,8-12H2,1-7H3. The SMILES string of the molecule is CCC(CC)CN(CC)c1nc(C(C)(C)C)c(CNC)s1. The molecule has 4 heteroatoms. The Morgan fingerprint density at radius 1 is 1.19 bits per heavy atom. The molecule has 0 saturated carbocycles.